The van der Waals surface area contributed by atoms with Crippen molar-refractivity contribution >= 4 is 11.6 Å². The quantitative estimate of drug-likeness (QED) is 0.466. The van der Waals surface area contributed by atoms with Gasteiger partial charge in [0.1, 0.15) is 11.5 Å². The smallest absolute Gasteiger partial charge is 0.460 e. The van der Waals surface area contributed by atoms with Gasteiger partial charge >= 0.3 is 18.0 Å². The molecule has 3 nitrogen and oxygen atoms in total. The van der Waals surface area contributed by atoms with Crippen LogP contribution in [0.25, 0.3) is 0 Å². The molecule has 1 heterocycles. The zero-order valence-corrected chi connectivity index (χ0v) is 11.2. The third kappa shape index (κ3) is 3.00. The van der Waals surface area contributed by atoms with Gasteiger partial charge in [-0.25, -0.2) is 0 Å². The molecule has 0 bridgehead atoms. The number of aryl methyl sites for hydroxylation is 2. The molecule has 0 N–H and O–H groups in total. The molecule has 0 aromatic carbocycles. The molecule has 0 aliphatic carbocycles. The van der Waals surface area contributed by atoms with Crippen molar-refractivity contribution < 1.29 is 44.7 Å². The Hall–Kier alpha value is -1.87. The van der Waals surface area contributed by atoms with Crippen molar-refractivity contribution in [3.05, 3.63) is 23.2 Å². The standard InChI is InChI=1S/C12H9F7O3/c1-5-3-7(6(2)22-5)8(20)4-9(21)10(13,14)11(15,16)12(17,18)19/h3H,4H2,1-2H3. The first-order valence-corrected chi connectivity index (χ1v) is 5.67. The van der Waals surface area contributed by atoms with E-state index in [-0.39, 0.29) is 17.1 Å². The van der Waals surface area contributed by atoms with Crippen LogP contribution in [0.2, 0.25) is 0 Å². The predicted octanol–water partition coefficient (Wildman–Crippen LogP) is 3.87. The molecular weight excluding hydrogens is 325 g/mol. The number of carbonyl (C=O) groups is 2. The second-order valence-corrected chi connectivity index (χ2v) is 4.50. The predicted molar refractivity (Wildman–Crippen MR) is 58.1 cm³/mol. The van der Waals surface area contributed by atoms with Crippen molar-refractivity contribution in [3.8, 4) is 0 Å². The second kappa shape index (κ2) is 5.40. The largest absolute Gasteiger partial charge is 0.466 e. The average Bonchev–Trinajstić information content (AvgIpc) is 2.66. The Morgan fingerprint density at radius 1 is 1.05 bits per heavy atom. The molecule has 0 fully saturated rings. The molecule has 0 aliphatic rings. The van der Waals surface area contributed by atoms with Gasteiger partial charge in [0.15, 0.2) is 5.78 Å². The molecule has 1 aromatic heterocycles. The van der Waals surface area contributed by atoms with E-state index >= 15 is 0 Å². The van der Waals surface area contributed by atoms with Gasteiger partial charge in [-0.2, -0.15) is 30.7 Å². The lowest BCUT2D eigenvalue weighted by Crippen LogP contribution is -2.56. The summed E-state index contributed by atoms with van der Waals surface area (Å²) in [5.74, 6) is -16.7. The third-order valence-electron chi connectivity index (χ3n) is 2.76. The number of alkyl halides is 7. The molecule has 10 heteroatoms. The van der Waals surface area contributed by atoms with Crippen LogP contribution in [0.15, 0.2) is 10.5 Å². The van der Waals surface area contributed by atoms with Gasteiger partial charge in [0.25, 0.3) is 0 Å². The Morgan fingerprint density at radius 3 is 1.91 bits per heavy atom. The van der Waals surface area contributed by atoms with E-state index < -0.39 is 36.0 Å². The summed E-state index contributed by atoms with van der Waals surface area (Å²) in [5, 5.41) is 0. The molecule has 22 heavy (non-hydrogen) atoms. The average molecular weight is 334 g/mol. The Bertz CT molecular complexity index is 598. The van der Waals surface area contributed by atoms with Crippen LogP contribution in [0.3, 0.4) is 0 Å². The van der Waals surface area contributed by atoms with E-state index in [4.69, 9.17) is 4.42 Å². The first-order chi connectivity index (χ1) is 9.71. The van der Waals surface area contributed by atoms with Gasteiger partial charge in [-0.15, -0.1) is 0 Å². The number of Topliss-reactive ketones (excluding diaryl/α,β-unsaturated/α-hetero) is 2. The maximum absolute atomic E-state index is 13.1. The van der Waals surface area contributed by atoms with Crippen LogP contribution < -0.4 is 0 Å². The molecule has 0 radical (unpaired) electrons. The molecule has 124 valence electrons. The van der Waals surface area contributed by atoms with Gasteiger partial charge in [0.05, 0.1) is 12.0 Å². The molecule has 0 saturated carbocycles. The van der Waals surface area contributed by atoms with E-state index in [0.29, 0.717) is 0 Å². The van der Waals surface area contributed by atoms with Gasteiger partial charge in [-0.05, 0) is 19.9 Å². The number of furan rings is 1. The van der Waals surface area contributed by atoms with Gasteiger partial charge in [0.2, 0.25) is 5.78 Å². The minimum Gasteiger partial charge on any atom is -0.466 e. The summed E-state index contributed by atoms with van der Waals surface area (Å²) in [7, 11) is 0. The van der Waals surface area contributed by atoms with Crippen LogP contribution in [0.5, 0.6) is 0 Å². The van der Waals surface area contributed by atoms with E-state index in [1.54, 1.807) is 0 Å². The molecule has 0 spiro atoms. The highest BCUT2D eigenvalue weighted by atomic mass is 19.4. The van der Waals surface area contributed by atoms with E-state index in [1.807, 2.05) is 0 Å². The summed E-state index contributed by atoms with van der Waals surface area (Å²) in [6.07, 6.45) is -8.43. The lowest BCUT2D eigenvalue weighted by atomic mass is 9.99. The highest BCUT2D eigenvalue weighted by Crippen LogP contribution is 2.47. The maximum Gasteiger partial charge on any atom is 0.460 e. The minimum atomic E-state index is -6.63. The molecule has 0 unspecified atom stereocenters. The molecule has 0 atom stereocenters. The van der Waals surface area contributed by atoms with Crippen molar-refractivity contribution in [2.45, 2.75) is 38.3 Å². The first-order valence-electron chi connectivity index (χ1n) is 5.67. The van der Waals surface area contributed by atoms with Crippen LogP contribution in [0, 0.1) is 13.8 Å². The minimum absolute atomic E-state index is 0.0683. The fourth-order valence-corrected chi connectivity index (χ4v) is 1.61. The monoisotopic (exact) mass is 334 g/mol. The molecular formula is C12H9F7O3. The number of ketones is 2. The number of hydrogen-bond acceptors (Lipinski definition) is 3. The van der Waals surface area contributed by atoms with Gasteiger partial charge in [0, 0.05) is 0 Å². The molecule has 0 aliphatic heterocycles. The van der Waals surface area contributed by atoms with Crippen LogP contribution in [0.4, 0.5) is 30.7 Å². The maximum atomic E-state index is 13.1. The fraction of sp³-hybridized carbons (Fsp3) is 0.500. The fourth-order valence-electron chi connectivity index (χ4n) is 1.61. The van der Waals surface area contributed by atoms with Gasteiger partial charge in [-0.1, -0.05) is 0 Å². The van der Waals surface area contributed by atoms with Crippen LogP contribution >= 0.6 is 0 Å². The molecule has 0 amide bonds. The lowest BCUT2D eigenvalue weighted by Gasteiger charge is -2.26. The molecule has 1 aromatic rings. The SMILES string of the molecule is Cc1cc(C(=O)CC(=O)C(F)(F)C(F)(F)C(F)(F)F)c(C)o1. The van der Waals surface area contributed by atoms with E-state index in [0.717, 1.165) is 6.07 Å². The Labute approximate surface area is 119 Å². The highest BCUT2D eigenvalue weighted by Gasteiger charge is 2.75. The number of rotatable bonds is 5. The summed E-state index contributed by atoms with van der Waals surface area (Å²) in [5.41, 5.74) is -0.336. The summed E-state index contributed by atoms with van der Waals surface area (Å²) in [4.78, 5) is 22.7. The van der Waals surface area contributed by atoms with E-state index in [2.05, 4.69) is 0 Å². The summed E-state index contributed by atoms with van der Waals surface area (Å²) in [6, 6.07) is 1.06. The number of carbonyl (C=O) groups excluding carboxylic acids is 2. The third-order valence-corrected chi connectivity index (χ3v) is 2.76. The topological polar surface area (TPSA) is 47.3 Å². The Kier molecular flexibility index (Phi) is 4.46. The first kappa shape index (κ1) is 18.2. The number of halogens is 7. The Balaban J connectivity index is 3.02. The lowest BCUT2D eigenvalue weighted by molar-refractivity contribution is -0.343. The summed E-state index contributed by atoms with van der Waals surface area (Å²) < 4.78 is 92.2. The molecule has 1 rings (SSSR count). The molecule has 0 saturated heterocycles. The summed E-state index contributed by atoms with van der Waals surface area (Å²) >= 11 is 0. The highest BCUT2D eigenvalue weighted by molar-refractivity contribution is 6.10. The van der Waals surface area contributed by atoms with Crippen molar-refractivity contribution in [3.63, 3.8) is 0 Å². The van der Waals surface area contributed by atoms with Crippen molar-refractivity contribution in [2.24, 2.45) is 0 Å². The zero-order chi connectivity index (χ0) is 17.5. The van der Waals surface area contributed by atoms with Crippen molar-refractivity contribution in [1.29, 1.82) is 0 Å². The van der Waals surface area contributed by atoms with E-state index in [9.17, 15) is 40.3 Å². The number of hydrogen-bond donors (Lipinski definition) is 0. The van der Waals surface area contributed by atoms with E-state index in [1.165, 1.54) is 13.8 Å². The Morgan fingerprint density at radius 2 is 1.55 bits per heavy atom. The van der Waals surface area contributed by atoms with Gasteiger partial charge < -0.3 is 4.42 Å². The normalized spacial score (nSPS) is 13.3. The van der Waals surface area contributed by atoms with Crippen LogP contribution in [0.1, 0.15) is 28.3 Å². The van der Waals surface area contributed by atoms with Crippen LogP contribution in [-0.4, -0.2) is 29.6 Å². The zero-order valence-electron chi connectivity index (χ0n) is 11.2. The summed E-state index contributed by atoms with van der Waals surface area (Å²) in [6.45, 7) is 2.63. The van der Waals surface area contributed by atoms with Crippen molar-refractivity contribution in [1.82, 2.24) is 0 Å². The second-order valence-electron chi connectivity index (χ2n) is 4.50. The van der Waals surface area contributed by atoms with Crippen LogP contribution in [-0.2, 0) is 4.79 Å². The van der Waals surface area contributed by atoms with Crippen molar-refractivity contribution in [2.75, 3.05) is 0 Å². The van der Waals surface area contributed by atoms with Gasteiger partial charge in [-0.3, -0.25) is 9.59 Å².